The second-order valence-corrected chi connectivity index (χ2v) is 4.64. The number of hydrogen-bond donors (Lipinski definition) is 2. The second kappa shape index (κ2) is 4.93. The van der Waals surface area contributed by atoms with Crippen molar-refractivity contribution in [2.24, 2.45) is 11.7 Å². The topological polar surface area (TPSA) is 38.0 Å². The Morgan fingerprint density at radius 3 is 2.81 bits per heavy atom. The summed E-state index contributed by atoms with van der Waals surface area (Å²) in [6, 6.07) is 5.06. The molecule has 1 aromatic carbocycles. The molecule has 2 rings (SSSR count). The number of hydrogen-bond acceptors (Lipinski definition) is 2. The fourth-order valence-electron chi connectivity index (χ4n) is 1.98. The maximum absolute atomic E-state index is 13.0. The molecule has 1 aliphatic rings. The van der Waals surface area contributed by atoms with E-state index in [4.69, 9.17) is 5.73 Å². The van der Waals surface area contributed by atoms with Crippen molar-refractivity contribution >= 4 is 0 Å². The first-order valence-electron chi connectivity index (χ1n) is 5.90. The lowest BCUT2D eigenvalue weighted by molar-refractivity contribution is 0.519. The first-order valence-corrected chi connectivity index (χ1v) is 5.90. The first kappa shape index (κ1) is 11.6. The van der Waals surface area contributed by atoms with Crippen LogP contribution < -0.4 is 11.1 Å². The Kier molecular flexibility index (Phi) is 3.56. The van der Waals surface area contributed by atoms with Gasteiger partial charge < -0.3 is 11.1 Å². The summed E-state index contributed by atoms with van der Waals surface area (Å²) in [7, 11) is 0. The highest BCUT2D eigenvalue weighted by Crippen LogP contribution is 2.28. The first-order chi connectivity index (χ1) is 7.70. The van der Waals surface area contributed by atoms with E-state index in [1.165, 1.54) is 18.9 Å². The van der Waals surface area contributed by atoms with Gasteiger partial charge >= 0.3 is 0 Å². The fraction of sp³-hybridized carbons (Fsp3) is 0.538. The monoisotopic (exact) mass is 222 g/mol. The summed E-state index contributed by atoms with van der Waals surface area (Å²) in [6.07, 6.45) is 2.65. The van der Waals surface area contributed by atoms with Crippen molar-refractivity contribution in [2.45, 2.75) is 25.8 Å². The van der Waals surface area contributed by atoms with E-state index in [1.807, 2.05) is 13.0 Å². The predicted molar refractivity (Wildman–Crippen MR) is 63.7 cm³/mol. The number of aryl methyl sites for hydroxylation is 1. The van der Waals surface area contributed by atoms with Gasteiger partial charge in [-0.3, -0.25) is 0 Å². The minimum Gasteiger partial charge on any atom is -0.329 e. The van der Waals surface area contributed by atoms with Crippen molar-refractivity contribution in [3.63, 3.8) is 0 Å². The highest BCUT2D eigenvalue weighted by Gasteiger charge is 2.22. The molecule has 1 unspecified atom stereocenters. The Bertz CT molecular complexity index is 361. The average molecular weight is 222 g/mol. The van der Waals surface area contributed by atoms with Crippen molar-refractivity contribution in [3.05, 3.63) is 35.1 Å². The van der Waals surface area contributed by atoms with E-state index >= 15 is 0 Å². The Morgan fingerprint density at radius 1 is 1.50 bits per heavy atom. The lowest BCUT2D eigenvalue weighted by Crippen LogP contribution is -2.30. The van der Waals surface area contributed by atoms with Gasteiger partial charge in [0.1, 0.15) is 5.82 Å². The van der Waals surface area contributed by atoms with Gasteiger partial charge in [0.2, 0.25) is 0 Å². The van der Waals surface area contributed by atoms with Gasteiger partial charge in [0.15, 0.2) is 0 Å². The number of nitrogens with two attached hydrogens (primary N) is 1. The lowest BCUT2D eigenvalue weighted by Gasteiger charge is -2.19. The van der Waals surface area contributed by atoms with E-state index in [2.05, 4.69) is 5.32 Å². The number of halogens is 1. The summed E-state index contributed by atoms with van der Waals surface area (Å²) in [5, 5.41) is 3.46. The molecule has 3 N–H and O–H groups in total. The standard InChI is InChI=1S/C13H19FN2/c1-9-6-11(14)4-5-12(9)13(7-15)16-8-10-2-3-10/h4-6,10,13,16H,2-3,7-8,15H2,1H3. The molecule has 0 heterocycles. The molecule has 0 radical (unpaired) electrons. The van der Waals surface area contributed by atoms with Gasteiger partial charge in [-0.2, -0.15) is 0 Å². The summed E-state index contributed by atoms with van der Waals surface area (Å²) in [5.41, 5.74) is 7.85. The zero-order valence-corrected chi connectivity index (χ0v) is 9.67. The second-order valence-electron chi connectivity index (χ2n) is 4.64. The number of benzene rings is 1. The summed E-state index contributed by atoms with van der Waals surface area (Å²) in [6.45, 7) is 3.51. The maximum atomic E-state index is 13.0. The molecule has 1 aliphatic carbocycles. The highest BCUT2D eigenvalue weighted by atomic mass is 19.1. The third kappa shape index (κ3) is 2.80. The van der Waals surface area contributed by atoms with Crippen LogP contribution in [0.4, 0.5) is 4.39 Å². The van der Waals surface area contributed by atoms with Gasteiger partial charge in [-0.1, -0.05) is 6.07 Å². The summed E-state index contributed by atoms with van der Waals surface area (Å²) >= 11 is 0. The van der Waals surface area contributed by atoms with E-state index in [0.717, 1.165) is 23.6 Å². The molecule has 1 atom stereocenters. The van der Waals surface area contributed by atoms with Gasteiger partial charge in [-0.25, -0.2) is 4.39 Å². The number of nitrogens with one attached hydrogen (secondary N) is 1. The minimum absolute atomic E-state index is 0.154. The van der Waals surface area contributed by atoms with Crippen molar-refractivity contribution in [2.75, 3.05) is 13.1 Å². The molecule has 1 fully saturated rings. The van der Waals surface area contributed by atoms with Crippen LogP contribution in [0.1, 0.15) is 30.0 Å². The summed E-state index contributed by atoms with van der Waals surface area (Å²) in [4.78, 5) is 0. The molecule has 0 bridgehead atoms. The van der Waals surface area contributed by atoms with Crippen LogP contribution in [-0.2, 0) is 0 Å². The van der Waals surface area contributed by atoms with E-state index < -0.39 is 0 Å². The molecule has 2 nitrogen and oxygen atoms in total. The normalized spacial score (nSPS) is 17.4. The Morgan fingerprint density at radius 2 is 2.25 bits per heavy atom. The van der Waals surface area contributed by atoms with E-state index in [-0.39, 0.29) is 11.9 Å². The maximum Gasteiger partial charge on any atom is 0.123 e. The average Bonchev–Trinajstić information content (AvgIpc) is 3.05. The van der Waals surface area contributed by atoms with Crippen LogP contribution >= 0.6 is 0 Å². The Balaban J connectivity index is 2.05. The smallest absolute Gasteiger partial charge is 0.123 e. The van der Waals surface area contributed by atoms with Crippen LogP contribution in [-0.4, -0.2) is 13.1 Å². The molecule has 0 amide bonds. The van der Waals surface area contributed by atoms with Gasteiger partial charge in [0.05, 0.1) is 0 Å². The number of rotatable bonds is 5. The van der Waals surface area contributed by atoms with Crippen molar-refractivity contribution < 1.29 is 4.39 Å². The zero-order chi connectivity index (χ0) is 11.5. The Labute approximate surface area is 96.0 Å². The molecule has 0 saturated heterocycles. The molecular weight excluding hydrogens is 203 g/mol. The third-order valence-electron chi connectivity index (χ3n) is 3.19. The molecule has 88 valence electrons. The molecule has 1 saturated carbocycles. The highest BCUT2D eigenvalue weighted by molar-refractivity contribution is 5.29. The molecular formula is C13H19FN2. The van der Waals surface area contributed by atoms with Crippen LogP contribution in [0.25, 0.3) is 0 Å². The van der Waals surface area contributed by atoms with E-state index in [9.17, 15) is 4.39 Å². The molecule has 0 spiro atoms. The van der Waals surface area contributed by atoms with Gasteiger partial charge in [0, 0.05) is 12.6 Å². The van der Waals surface area contributed by atoms with Crippen LogP contribution in [0.3, 0.4) is 0 Å². The Hall–Kier alpha value is -0.930. The van der Waals surface area contributed by atoms with Crippen molar-refractivity contribution in [1.29, 1.82) is 0 Å². The van der Waals surface area contributed by atoms with Crippen molar-refractivity contribution in [3.8, 4) is 0 Å². The van der Waals surface area contributed by atoms with E-state index in [0.29, 0.717) is 6.54 Å². The molecule has 1 aromatic rings. The van der Waals surface area contributed by atoms with E-state index in [1.54, 1.807) is 6.07 Å². The predicted octanol–water partition coefficient (Wildman–Crippen LogP) is 2.13. The van der Waals surface area contributed by atoms with Crippen LogP contribution in [0.5, 0.6) is 0 Å². The molecule has 16 heavy (non-hydrogen) atoms. The molecule has 0 aliphatic heterocycles. The van der Waals surface area contributed by atoms with Crippen LogP contribution in [0.2, 0.25) is 0 Å². The third-order valence-corrected chi connectivity index (χ3v) is 3.19. The fourth-order valence-corrected chi connectivity index (χ4v) is 1.98. The van der Waals surface area contributed by atoms with Gasteiger partial charge in [-0.05, 0) is 55.5 Å². The van der Waals surface area contributed by atoms with Crippen LogP contribution in [0, 0.1) is 18.7 Å². The zero-order valence-electron chi connectivity index (χ0n) is 9.67. The molecule has 0 aromatic heterocycles. The quantitative estimate of drug-likeness (QED) is 0.801. The van der Waals surface area contributed by atoms with Crippen molar-refractivity contribution in [1.82, 2.24) is 5.32 Å². The van der Waals surface area contributed by atoms with Crippen LogP contribution in [0.15, 0.2) is 18.2 Å². The van der Waals surface area contributed by atoms with Gasteiger partial charge in [-0.15, -0.1) is 0 Å². The minimum atomic E-state index is -0.181. The summed E-state index contributed by atoms with van der Waals surface area (Å²) < 4.78 is 13.0. The molecule has 3 heteroatoms. The SMILES string of the molecule is Cc1cc(F)ccc1C(CN)NCC1CC1. The largest absolute Gasteiger partial charge is 0.329 e. The van der Waals surface area contributed by atoms with Gasteiger partial charge in [0.25, 0.3) is 0 Å². The summed E-state index contributed by atoms with van der Waals surface area (Å²) in [5.74, 6) is 0.647. The lowest BCUT2D eigenvalue weighted by atomic mass is 10.0.